The van der Waals surface area contributed by atoms with Crippen molar-refractivity contribution in [2.75, 3.05) is 5.32 Å². The molecule has 0 unspecified atom stereocenters. The van der Waals surface area contributed by atoms with Gasteiger partial charge in [0.05, 0.1) is 11.1 Å². The van der Waals surface area contributed by atoms with Gasteiger partial charge in [-0.05, 0) is 66.3 Å². The Morgan fingerprint density at radius 3 is 2.64 bits per heavy atom. The van der Waals surface area contributed by atoms with E-state index in [-0.39, 0.29) is 11.4 Å². The van der Waals surface area contributed by atoms with E-state index in [1.54, 1.807) is 24.4 Å². The van der Waals surface area contributed by atoms with Crippen LogP contribution in [0.4, 0.5) is 24.7 Å². The molecule has 5 rings (SSSR count). The third kappa shape index (κ3) is 4.04. The largest absolute Gasteiger partial charge is 0.478 e. The molecule has 0 bridgehead atoms. The Hall–Kier alpha value is -3.81. The van der Waals surface area contributed by atoms with Crippen LogP contribution in [0.15, 0.2) is 60.9 Å². The molecule has 0 spiro atoms. The summed E-state index contributed by atoms with van der Waals surface area (Å²) in [6.07, 6.45) is 1.11. The normalized spacial score (nSPS) is 13.9. The van der Waals surface area contributed by atoms with Gasteiger partial charge in [-0.15, -0.1) is 0 Å². The summed E-state index contributed by atoms with van der Waals surface area (Å²) in [5, 5.41) is 13.6. The highest BCUT2D eigenvalue weighted by Gasteiger charge is 2.31. The van der Waals surface area contributed by atoms with Crippen LogP contribution in [0.3, 0.4) is 0 Å². The number of nitrogens with one attached hydrogen (secondary N) is 1. The average Bonchev–Trinajstić information content (AvgIpc) is 3.56. The Kier molecular flexibility index (Phi) is 4.88. The number of carboxylic acid groups (broad SMARTS) is 1. The van der Waals surface area contributed by atoms with Gasteiger partial charge in [0.2, 0.25) is 0 Å². The number of carboxylic acids is 1. The number of aromatic carboxylic acids is 1. The first kappa shape index (κ1) is 21.1. The minimum absolute atomic E-state index is 0.0631. The van der Waals surface area contributed by atoms with Gasteiger partial charge in [0, 0.05) is 36.1 Å². The maximum absolute atomic E-state index is 13.3. The predicted octanol–water partition coefficient (Wildman–Crippen LogP) is 6.58. The van der Waals surface area contributed by atoms with Crippen molar-refractivity contribution in [2.45, 2.75) is 24.9 Å². The molecule has 0 saturated heterocycles. The molecule has 1 saturated carbocycles. The van der Waals surface area contributed by atoms with E-state index in [0.29, 0.717) is 22.7 Å². The van der Waals surface area contributed by atoms with E-state index < -0.39 is 17.7 Å². The highest BCUT2D eigenvalue weighted by atomic mass is 19.4. The molecule has 1 fully saturated rings. The maximum atomic E-state index is 13.3. The van der Waals surface area contributed by atoms with E-state index in [4.69, 9.17) is 0 Å². The lowest BCUT2D eigenvalue weighted by molar-refractivity contribution is -0.137. The summed E-state index contributed by atoms with van der Waals surface area (Å²) in [4.78, 5) is 16.2. The number of anilines is 2. The van der Waals surface area contributed by atoms with E-state index in [1.807, 2.05) is 29.9 Å². The number of halogens is 3. The fourth-order valence-electron chi connectivity index (χ4n) is 4.12. The molecule has 0 aliphatic heterocycles. The van der Waals surface area contributed by atoms with E-state index in [2.05, 4.69) is 10.3 Å². The van der Waals surface area contributed by atoms with Crippen LogP contribution in [0, 0.1) is 0 Å². The first-order chi connectivity index (χ1) is 15.7. The number of hydrogen-bond donors (Lipinski definition) is 2. The van der Waals surface area contributed by atoms with Crippen molar-refractivity contribution in [3.63, 3.8) is 0 Å². The Morgan fingerprint density at radius 1 is 1.15 bits per heavy atom. The molecule has 8 heteroatoms. The van der Waals surface area contributed by atoms with Crippen molar-refractivity contribution < 1.29 is 23.1 Å². The molecule has 168 valence electrons. The molecule has 2 N–H and O–H groups in total. The monoisotopic (exact) mass is 451 g/mol. The summed E-state index contributed by atoms with van der Waals surface area (Å²) >= 11 is 0. The minimum atomic E-state index is -4.46. The van der Waals surface area contributed by atoms with Crippen LogP contribution in [-0.4, -0.2) is 20.6 Å². The molecular formula is C25H20F3N3O2. The van der Waals surface area contributed by atoms with Gasteiger partial charge in [-0.2, -0.15) is 13.2 Å². The predicted molar refractivity (Wildman–Crippen MR) is 120 cm³/mol. The van der Waals surface area contributed by atoms with Crippen LogP contribution in [0.1, 0.15) is 40.2 Å². The lowest BCUT2D eigenvalue weighted by atomic mass is 9.99. The van der Waals surface area contributed by atoms with Crippen LogP contribution in [0.25, 0.3) is 22.0 Å². The summed E-state index contributed by atoms with van der Waals surface area (Å²) in [5.41, 5.74) is 2.56. The van der Waals surface area contributed by atoms with E-state index in [0.717, 1.165) is 41.4 Å². The van der Waals surface area contributed by atoms with Gasteiger partial charge in [-0.25, -0.2) is 9.78 Å². The van der Waals surface area contributed by atoms with Gasteiger partial charge in [0.25, 0.3) is 0 Å². The Labute approximate surface area is 187 Å². The van der Waals surface area contributed by atoms with Gasteiger partial charge >= 0.3 is 12.1 Å². The molecule has 2 aromatic heterocycles. The zero-order chi connectivity index (χ0) is 23.3. The van der Waals surface area contributed by atoms with Crippen molar-refractivity contribution in [3.05, 3.63) is 77.6 Å². The number of carbonyl (C=O) groups is 1. The number of nitrogens with zero attached hydrogens (tertiary/aromatic N) is 2. The fraction of sp³-hybridized carbons (Fsp3) is 0.200. The van der Waals surface area contributed by atoms with Crippen molar-refractivity contribution in [2.24, 2.45) is 7.05 Å². The second-order valence-electron chi connectivity index (χ2n) is 8.34. The molecule has 0 atom stereocenters. The molecule has 2 aromatic carbocycles. The summed E-state index contributed by atoms with van der Waals surface area (Å²) < 4.78 is 41.8. The third-order valence-corrected chi connectivity index (χ3v) is 5.92. The van der Waals surface area contributed by atoms with E-state index >= 15 is 0 Å². The zero-order valence-electron chi connectivity index (χ0n) is 17.6. The van der Waals surface area contributed by atoms with Crippen LogP contribution >= 0.6 is 0 Å². The molecule has 0 amide bonds. The quantitative estimate of drug-likeness (QED) is 0.360. The first-order valence-corrected chi connectivity index (χ1v) is 10.5. The van der Waals surface area contributed by atoms with Crippen molar-refractivity contribution in [1.82, 2.24) is 9.55 Å². The van der Waals surface area contributed by atoms with Crippen molar-refractivity contribution >= 4 is 28.4 Å². The van der Waals surface area contributed by atoms with Crippen LogP contribution < -0.4 is 5.32 Å². The Morgan fingerprint density at radius 2 is 1.94 bits per heavy atom. The van der Waals surface area contributed by atoms with Gasteiger partial charge in [0.1, 0.15) is 11.4 Å². The van der Waals surface area contributed by atoms with E-state index in [1.165, 1.54) is 6.07 Å². The molecule has 1 aliphatic rings. The number of pyridine rings is 1. The number of aryl methyl sites for hydroxylation is 1. The van der Waals surface area contributed by atoms with Crippen molar-refractivity contribution in [1.29, 1.82) is 0 Å². The highest BCUT2D eigenvalue weighted by Crippen LogP contribution is 2.41. The molecule has 1 aliphatic carbocycles. The topological polar surface area (TPSA) is 67.2 Å². The van der Waals surface area contributed by atoms with Crippen LogP contribution in [0.2, 0.25) is 0 Å². The SMILES string of the molecule is Cn1ccc2cc(Nc3ncc(C4CC4)cc3C(=O)O)cc(-c3cccc(C(F)(F)F)c3)c21. The summed E-state index contributed by atoms with van der Waals surface area (Å²) in [6, 6.07) is 12.2. The van der Waals surface area contributed by atoms with Gasteiger partial charge < -0.3 is 15.0 Å². The van der Waals surface area contributed by atoms with Gasteiger partial charge in [0.15, 0.2) is 0 Å². The number of fused-ring (bicyclic) bond motifs is 1. The lowest BCUT2D eigenvalue weighted by Crippen LogP contribution is -2.06. The number of hydrogen-bond acceptors (Lipinski definition) is 3. The lowest BCUT2D eigenvalue weighted by Gasteiger charge is -2.15. The maximum Gasteiger partial charge on any atom is 0.416 e. The zero-order valence-corrected chi connectivity index (χ0v) is 17.6. The number of aromatic nitrogens is 2. The highest BCUT2D eigenvalue weighted by molar-refractivity contribution is 5.99. The van der Waals surface area contributed by atoms with E-state index in [9.17, 15) is 23.1 Å². The Balaban J connectivity index is 1.61. The van der Waals surface area contributed by atoms with Crippen LogP contribution in [0.5, 0.6) is 0 Å². The number of benzene rings is 2. The van der Waals surface area contributed by atoms with Gasteiger partial charge in [-0.1, -0.05) is 12.1 Å². The summed E-state index contributed by atoms with van der Waals surface area (Å²) in [6.45, 7) is 0. The molecule has 2 heterocycles. The summed E-state index contributed by atoms with van der Waals surface area (Å²) in [5.74, 6) is -0.540. The second kappa shape index (κ2) is 7.65. The molecular weight excluding hydrogens is 431 g/mol. The fourth-order valence-corrected chi connectivity index (χ4v) is 4.12. The van der Waals surface area contributed by atoms with Gasteiger partial charge in [-0.3, -0.25) is 0 Å². The molecule has 5 nitrogen and oxygen atoms in total. The molecule has 0 radical (unpaired) electrons. The number of alkyl halides is 3. The minimum Gasteiger partial charge on any atom is -0.478 e. The standard InChI is InChI=1S/C25H20F3N3O2/c1-31-8-7-16-10-19(30-23-21(24(32)33)11-17(13-29-23)14-5-6-14)12-20(22(16)31)15-3-2-4-18(9-15)25(26,27)28/h2-4,7-14H,5-6H2,1H3,(H,29,30)(H,32,33). The third-order valence-electron chi connectivity index (χ3n) is 5.92. The number of rotatable bonds is 5. The smallest absolute Gasteiger partial charge is 0.416 e. The average molecular weight is 451 g/mol. The summed E-state index contributed by atoms with van der Waals surface area (Å²) in [7, 11) is 1.83. The van der Waals surface area contributed by atoms with Crippen molar-refractivity contribution in [3.8, 4) is 11.1 Å². The second-order valence-corrected chi connectivity index (χ2v) is 8.34. The molecule has 4 aromatic rings. The Bertz CT molecular complexity index is 1390. The first-order valence-electron chi connectivity index (χ1n) is 10.5. The van der Waals surface area contributed by atoms with Crippen LogP contribution in [-0.2, 0) is 13.2 Å². The molecule has 33 heavy (non-hydrogen) atoms.